The minimum Gasteiger partial charge on any atom is -0.308 e. The monoisotopic (exact) mass is 305 g/mol. The molecule has 0 aliphatic rings. The van der Waals surface area contributed by atoms with Gasteiger partial charge in [0.2, 0.25) is 0 Å². The SMILES string of the molecule is CCCNC(Cn1ncc(Cl)c1C)c1ccc(C)c(C)c1. The van der Waals surface area contributed by atoms with E-state index in [1.54, 1.807) is 6.20 Å². The number of hydrogen-bond donors (Lipinski definition) is 1. The minimum atomic E-state index is 0.249. The zero-order chi connectivity index (χ0) is 15.4. The normalized spacial score (nSPS) is 12.6. The van der Waals surface area contributed by atoms with E-state index in [1.807, 2.05) is 11.6 Å². The summed E-state index contributed by atoms with van der Waals surface area (Å²) in [5.74, 6) is 0. The van der Waals surface area contributed by atoms with Crippen LogP contribution in [0.25, 0.3) is 0 Å². The van der Waals surface area contributed by atoms with Crippen molar-refractivity contribution in [3.05, 3.63) is 51.8 Å². The van der Waals surface area contributed by atoms with Gasteiger partial charge in [-0.25, -0.2) is 0 Å². The van der Waals surface area contributed by atoms with Crippen molar-refractivity contribution in [2.45, 2.75) is 46.7 Å². The molecule has 114 valence electrons. The minimum absolute atomic E-state index is 0.249. The molecule has 0 radical (unpaired) electrons. The van der Waals surface area contributed by atoms with Crippen LogP contribution in [0.5, 0.6) is 0 Å². The summed E-state index contributed by atoms with van der Waals surface area (Å²) in [7, 11) is 0. The molecular weight excluding hydrogens is 282 g/mol. The highest BCUT2D eigenvalue weighted by molar-refractivity contribution is 6.31. The fraction of sp³-hybridized carbons (Fsp3) is 0.471. The lowest BCUT2D eigenvalue weighted by Gasteiger charge is -2.21. The van der Waals surface area contributed by atoms with Crippen LogP contribution >= 0.6 is 11.6 Å². The van der Waals surface area contributed by atoms with Gasteiger partial charge in [-0.15, -0.1) is 0 Å². The first kappa shape index (κ1) is 16.1. The number of rotatable bonds is 6. The van der Waals surface area contributed by atoms with Crippen molar-refractivity contribution in [3.63, 3.8) is 0 Å². The molecule has 21 heavy (non-hydrogen) atoms. The van der Waals surface area contributed by atoms with Gasteiger partial charge in [-0.3, -0.25) is 4.68 Å². The smallest absolute Gasteiger partial charge is 0.0814 e. The van der Waals surface area contributed by atoms with Crippen LogP contribution in [0, 0.1) is 20.8 Å². The van der Waals surface area contributed by atoms with Crippen molar-refractivity contribution < 1.29 is 0 Å². The van der Waals surface area contributed by atoms with Crippen molar-refractivity contribution in [1.29, 1.82) is 0 Å². The summed E-state index contributed by atoms with van der Waals surface area (Å²) >= 11 is 6.11. The van der Waals surface area contributed by atoms with E-state index < -0.39 is 0 Å². The van der Waals surface area contributed by atoms with E-state index in [0.29, 0.717) is 0 Å². The Labute approximate surface area is 132 Å². The van der Waals surface area contributed by atoms with E-state index in [-0.39, 0.29) is 6.04 Å². The van der Waals surface area contributed by atoms with Crippen molar-refractivity contribution in [1.82, 2.24) is 15.1 Å². The van der Waals surface area contributed by atoms with Gasteiger partial charge in [0.15, 0.2) is 0 Å². The topological polar surface area (TPSA) is 29.9 Å². The molecular formula is C17H24ClN3. The quantitative estimate of drug-likeness (QED) is 0.866. The lowest BCUT2D eigenvalue weighted by Crippen LogP contribution is -2.27. The predicted octanol–water partition coefficient (Wildman–Crippen LogP) is 4.20. The third kappa shape index (κ3) is 3.86. The van der Waals surface area contributed by atoms with Crippen molar-refractivity contribution in [3.8, 4) is 0 Å². The van der Waals surface area contributed by atoms with Gasteiger partial charge < -0.3 is 5.32 Å². The predicted molar refractivity (Wildman–Crippen MR) is 88.9 cm³/mol. The van der Waals surface area contributed by atoms with Gasteiger partial charge in [0.05, 0.1) is 29.5 Å². The second kappa shape index (κ2) is 7.10. The van der Waals surface area contributed by atoms with Gasteiger partial charge in [0.1, 0.15) is 0 Å². The fourth-order valence-electron chi connectivity index (χ4n) is 2.37. The van der Waals surface area contributed by atoms with Gasteiger partial charge in [0.25, 0.3) is 0 Å². The zero-order valence-electron chi connectivity index (χ0n) is 13.3. The van der Waals surface area contributed by atoms with Gasteiger partial charge >= 0.3 is 0 Å². The lowest BCUT2D eigenvalue weighted by atomic mass is 10.0. The Morgan fingerprint density at radius 1 is 1.24 bits per heavy atom. The first-order chi connectivity index (χ1) is 10.0. The Morgan fingerprint density at radius 2 is 2.00 bits per heavy atom. The Morgan fingerprint density at radius 3 is 2.57 bits per heavy atom. The first-order valence-electron chi connectivity index (χ1n) is 7.51. The van der Waals surface area contributed by atoms with Crippen LogP contribution in [0.1, 0.15) is 41.8 Å². The van der Waals surface area contributed by atoms with Crippen LogP contribution in [0.15, 0.2) is 24.4 Å². The molecule has 0 aliphatic carbocycles. The summed E-state index contributed by atoms with van der Waals surface area (Å²) in [6, 6.07) is 6.91. The largest absolute Gasteiger partial charge is 0.308 e. The first-order valence-corrected chi connectivity index (χ1v) is 7.89. The Balaban J connectivity index is 2.25. The average Bonchev–Trinajstić information content (AvgIpc) is 2.78. The van der Waals surface area contributed by atoms with Crippen LogP contribution in [0.4, 0.5) is 0 Å². The summed E-state index contributed by atoms with van der Waals surface area (Å²) in [6.45, 7) is 10.3. The second-order valence-electron chi connectivity index (χ2n) is 5.61. The summed E-state index contributed by atoms with van der Waals surface area (Å²) in [4.78, 5) is 0. The highest BCUT2D eigenvalue weighted by Crippen LogP contribution is 2.21. The van der Waals surface area contributed by atoms with E-state index in [0.717, 1.165) is 30.2 Å². The maximum absolute atomic E-state index is 6.11. The number of benzene rings is 1. The molecule has 0 fully saturated rings. The van der Waals surface area contributed by atoms with Crippen LogP contribution in [0.3, 0.4) is 0 Å². The van der Waals surface area contributed by atoms with E-state index in [2.05, 4.69) is 49.4 Å². The molecule has 3 nitrogen and oxygen atoms in total. The summed E-state index contributed by atoms with van der Waals surface area (Å²) < 4.78 is 1.98. The van der Waals surface area contributed by atoms with Crippen molar-refractivity contribution in [2.24, 2.45) is 0 Å². The van der Waals surface area contributed by atoms with E-state index in [1.165, 1.54) is 16.7 Å². The number of nitrogens with one attached hydrogen (secondary N) is 1. The summed E-state index contributed by atoms with van der Waals surface area (Å²) in [6.07, 6.45) is 2.83. The zero-order valence-corrected chi connectivity index (χ0v) is 14.0. The highest BCUT2D eigenvalue weighted by Gasteiger charge is 2.14. The molecule has 4 heteroatoms. The number of aromatic nitrogens is 2. The molecule has 0 bridgehead atoms. The molecule has 1 heterocycles. The molecule has 1 aromatic carbocycles. The molecule has 0 spiro atoms. The molecule has 0 amide bonds. The molecule has 1 unspecified atom stereocenters. The summed E-state index contributed by atoms with van der Waals surface area (Å²) in [5, 5.41) is 8.71. The average molecular weight is 306 g/mol. The highest BCUT2D eigenvalue weighted by atomic mass is 35.5. The van der Waals surface area contributed by atoms with Gasteiger partial charge in [-0.1, -0.05) is 36.7 Å². The van der Waals surface area contributed by atoms with Crippen LogP contribution in [-0.2, 0) is 6.54 Å². The van der Waals surface area contributed by atoms with E-state index >= 15 is 0 Å². The number of hydrogen-bond acceptors (Lipinski definition) is 2. The van der Waals surface area contributed by atoms with Crippen LogP contribution in [0.2, 0.25) is 5.02 Å². The summed E-state index contributed by atoms with van der Waals surface area (Å²) in [5.41, 5.74) is 4.97. The molecule has 0 saturated heterocycles. The molecule has 2 rings (SSSR count). The molecule has 1 atom stereocenters. The molecule has 1 N–H and O–H groups in total. The lowest BCUT2D eigenvalue weighted by molar-refractivity contribution is 0.433. The van der Waals surface area contributed by atoms with E-state index in [4.69, 9.17) is 11.6 Å². The molecule has 0 saturated carbocycles. The number of nitrogens with zero attached hydrogens (tertiary/aromatic N) is 2. The second-order valence-corrected chi connectivity index (χ2v) is 6.02. The van der Waals surface area contributed by atoms with E-state index in [9.17, 15) is 0 Å². The molecule has 0 aliphatic heterocycles. The Kier molecular flexibility index (Phi) is 5.43. The number of aryl methyl sites for hydroxylation is 2. The van der Waals surface area contributed by atoms with Gasteiger partial charge in [-0.2, -0.15) is 5.10 Å². The third-order valence-corrected chi connectivity index (χ3v) is 4.34. The van der Waals surface area contributed by atoms with Crippen LogP contribution in [-0.4, -0.2) is 16.3 Å². The molecule has 1 aromatic heterocycles. The third-order valence-electron chi connectivity index (χ3n) is 3.97. The number of halogens is 1. The van der Waals surface area contributed by atoms with Crippen LogP contribution < -0.4 is 5.32 Å². The maximum atomic E-state index is 6.11. The maximum Gasteiger partial charge on any atom is 0.0814 e. The van der Waals surface area contributed by atoms with Crippen molar-refractivity contribution in [2.75, 3.05) is 6.54 Å². The Bertz CT molecular complexity index is 604. The Hall–Kier alpha value is -1.32. The molecule has 2 aromatic rings. The van der Waals surface area contributed by atoms with Gasteiger partial charge in [-0.05, 0) is 50.4 Å². The van der Waals surface area contributed by atoms with Gasteiger partial charge in [0, 0.05) is 0 Å². The standard InChI is InChI=1S/C17H24ClN3/c1-5-8-19-17(11-21-14(4)16(18)10-20-21)15-7-6-12(2)13(3)9-15/h6-7,9-10,17,19H,5,8,11H2,1-4H3. The fourth-order valence-corrected chi connectivity index (χ4v) is 2.51. The van der Waals surface area contributed by atoms with Crippen molar-refractivity contribution >= 4 is 11.6 Å².